The van der Waals surface area contributed by atoms with Gasteiger partial charge in [-0.25, -0.2) is 9.78 Å². The summed E-state index contributed by atoms with van der Waals surface area (Å²) in [6, 6.07) is 3.27. The molecule has 186 valence electrons. The topological polar surface area (TPSA) is 117 Å². The van der Waals surface area contributed by atoms with E-state index in [2.05, 4.69) is 15.2 Å². The fraction of sp³-hybridized carbons (Fsp3) is 0.520. The molecule has 1 saturated carbocycles. The molecule has 3 aliphatic rings. The number of carbonyl (C=O) groups is 2. The second kappa shape index (κ2) is 9.33. The maximum Gasteiger partial charge on any atom is 0.336 e. The number of hydrogen-bond donors (Lipinski definition) is 2. The molecule has 1 aromatic carbocycles. The van der Waals surface area contributed by atoms with Crippen LogP contribution in [0.2, 0.25) is 0 Å². The van der Waals surface area contributed by atoms with Gasteiger partial charge in [-0.05, 0) is 31.4 Å². The summed E-state index contributed by atoms with van der Waals surface area (Å²) in [5.41, 5.74) is 2.14. The first-order valence-electron chi connectivity index (χ1n) is 12.2. The minimum atomic E-state index is -0.995. The van der Waals surface area contributed by atoms with Crippen LogP contribution in [0.5, 0.6) is 5.75 Å². The van der Waals surface area contributed by atoms with E-state index in [1.807, 2.05) is 6.92 Å². The lowest BCUT2D eigenvalue weighted by molar-refractivity contribution is -0.120. The predicted octanol–water partition coefficient (Wildman–Crippen LogP) is 3.37. The number of carboxylic acids is 1. The summed E-state index contributed by atoms with van der Waals surface area (Å²) in [5.74, 6) is 0.675. The highest BCUT2D eigenvalue weighted by molar-refractivity contribution is 6.04. The summed E-state index contributed by atoms with van der Waals surface area (Å²) >= 11 is 0. The van der Waals surface area contributed by atoms with Gasteiger partial charge in [0, 0.05) is 32.2 Å². The monoisotopic (exact) mass is 481 g/mol. The van der Waals surface area contributed by atoms with Gasteiger partial charge in [0.25, 0.3) is 0 Å². The van der Waals surface area contributed by atoms with Crippen molar-refractivity contribution in [2.24, 2.45) is 0 Å². The van der Waals surface area contributed by atoms with Crippen molar-refractivity contribution >= 4 is 35.0 Å². The number of carboxylic acid groups (broad SMARTS) is 1. The van der Waals surface area contributed by atoms with Gasteiger partial charge in [-0.1, -0.05) is 19.8 Å². The number of nitrogens with one attached hydrogen (secondary N) is 1. The molecule has 1 aromatic heterocycles. The number of carbonyl (C=O) groups excluding carboxylic acids is 1. The molecule has 0 radical (unpaired) electrons. The molecule has 0 bridgehead atoms. The number of aromatic carboxylic acids is 1. The minimum Gasteiger partial charge on any atom is -0.485 e. The van der Waals surface area contributed by atoms with Crippen molar-refractivity contribution in [1.82, 2.24) is 9.97 Å². The Morgan fingerprint density at radius 1 is 1.31 bits per heavy atom. The highest BCUT2D eigenvalue weighted by atomic mass is 16.5. The van der Waals surface area contributed by atoms with Gasteiger partial charge in [0.1, 0.15) is 23.6 Å². The average molecular weight is 482 g/mol. The number of rotatable bonds is 7. The van der Waals surface area contributed by atoms with E-state index >= 15 is 0 Å². The second-order valence-electron chi connectivity index (χ2n) is 9.37. The molecule has 10 nitrogen and oxygen atoms in total. The lowest BCUT2D eigenvalue weighted by Crippen LogP contribution is -2.55. The number of anilines is 4. The Kier molecular flexibility index (Phi) is 6.22. The molecule has 10 heteroatoms. The van der Waals surface area contributed by atoms with E-state index < -0.39 is 5.97 Å². The van der Waals surface area contributed by atoms with Gasteiger partial charge in [0.15, 0.2) is 5.82 Å². The zero-order valence-corrected chi connectivity index (χ0v) is 20.3. The maximum absolute atomic E-state index is 13.1. The van der Waals surface area contributed by atoms with Crippen molar-refractivity contribution in [1.29, 1.82) is 0 Å². The summed E-state index contributed by atoms with van der Waals surface area (Å²) in [6.07, 6.45) is 6.94. The molecule has 2 aliphatic heterocycles. The molecule has 1 aliphatic carbocycles. The molecule has 3 heterocycles. The summed E-state index contributed by atoms with van der Waals surface area (Å²) < 4.78 is 11.3. The van der Waals surface area contributed by atoms with Gasteiger partial charge in [-0.15, -0.1) is 0 Å². The van der Waals surface area contributed by atoms with Crippen LogP contribution in [0.3, 0.4) is 0 Å². The molecule has 1 unspecified atom stereocenters. The van der Waals surface area contributed by atoms with Crippen molar-refractivity contribution < 1.29 is 24.2 Å². The van der Waals surface area contributed by atoms with E-state index in [-0.39, 0.29) is 29.7 Å². The average Bonchev–Trinajstić information content (AvgIpc) is 3.52. The van der Waals surface area contributed by atoms with Crippen molar-refractivity contribution in [3.63, 3.8) is 0 Å². The number of benzene rings is 1. The number of methoxy groups -OCH3 is 1. The van der Waals surface area contributed by atoms with Crippen LogP contribution in [0.15, 0.2) is 18.3 Å². The van der Waals surface area contributed by atoms with E-state index in [9.17, 15) is 14.7 Å². The molecule has 5 rings (SSSR count). The van der Waals surface area contributed by atoms with Crippen molar-refractivity contribution in [3.05, 3.63) is 29.5 Å². The van der Waals surface area contributed by atoms with Gasteiger partial charge in [0.2, 0.25) is 11.9 Å². The normalized spacial score (nSPS) is 21.6. The van der Waals surface area contributed by atoms with Gasteiger partial charge < -0.3 is 29.7 Å². The Morgan fingerprint density at radius 2 is 2.09 bits per heavy atom. The number of aromatic nitrogens is 2. The maximum atomic E-state index is 13.1. The highest BCUT2D eigenvalue weighted by Crippen LogP contribution is 2.42. The summed E-state index contributed by atoms with van der Waals surface area (Å²) in [5, 5.41) is 12.9. The number of nitrogens with zero attached hydrogens (tertiary/aromatic N) is 4. The quantitative estimate of drug-likeness (QED) is 0.614. The van der Waals surface area contributed by atoms with E-state index in [0.717, 1.165) is 31.5 Å². The number of amides is 1. The first-order valence-corrected chi connectivity index (χ1v) is 12.2. The van der Waals surface area contributed by atoms with Crippen molar-refractivity contribution in [2.75, 3.05) is 35.9 Å². The number of hydrogen-bond acceptors (Lipinski definition) is 8. The van der Waals surface area contributed by atoms with Crippen LogP contribution in [-0.2, 0) is 16.0 Å². The predicted molar refractivity (Wildman–Crippen MR) is 131 cm³/mol. The van der Waals surface area contributed by atoms with Gasteiger partial charge >= 0.3 is 5.97 Å². The Balaban J connectivity index is 1.52. The zero-order valence-electron chi connectivity index (χ0n) is 20.3. The summed E-state index contributed by atoms with van der Waals surface area (Å²) in [7, 11) is 3.36. The van der Waals surface area contributed by atoms with Crippen LogP contribution in [0.4, 0.5) is 23.1 Å². The van der Waals surface area contributed by atoms with Gasteiger partial charge in [-0.3, -0.25) is 4.79 Å². The Bertz CT molecular complexity index is 1150. The fourth-order valence-corrected chi connectivity index (χ4v) is 5.54. The fourth-order valence-electron chi connectivity index (χ4n) is 5.54. The van der Waals surface area contributed by atoms with Crippen LogP contribution in [-0.4, -0.2) is 65.9 Å². The smallest absolute Gasteiger partial charge is 0.336 e. The zero-order chi connectivity index (χ0) is 24.7. The van der Waals surface area contributed by atoms with Gasteiger partial charge in [0.05, 0.1) is 24.1 Å². The molecule has 35 heavy (non-hydrogen) atoms. The molecular weight excluding hydrogens is 450 g/mol. The van der Waals surface area contributed by atoms with Crippen LogP contribution in [0.1, 0.15) is 54.9 Å². The minimum absolute atomic E-state index is 0.0656. The van der Waals surface area contributed by atoms with Crippen LogP contribution in [0.25, 0.3) is 0 Å². The SMILES string of the molecule is CC[C@@H]1C(=O)N(C)c2cnc(Nc3ccc(C(=O)O)c4c3OC(COC)C4)nc2N1C1CCCC1. The summed E-state index contributed by atoms with van der Waals surface area (Å²) in [6.45, 7) is 2.39. The molecular formula is C25H31N5O5. The molecule has 0 spiro atoms. The third kappa shape index (κ3) is 4.05. The van der Waals surface area contributed by atoms with Crippen LogP contribution in [0, 0.1) is 0 Å². The van der Waals surface area contributed by atoms with E-state index in [4.69, 9.17) is 14.5 Å². The van der Waals surface area contributed by atoms with Crippen molar-refractivity contribution in [3.8, 4) is 5.75 Å². The lowest BCUT2D eigenvalue weighted by atomic mass is 10.0. The number of likely N-dealkylation sites (N-methyl/N-ethyl adjacent to an activating group) is 1. The first-order chi connectivity index (χ1) is 16.9. The Labute approximate surface area is 204 Å². The van der Waals surface area contributed by atoms with Gasteiger partial charge in [-0.2, -0.15) is 4.98 Å². The Hall–Kier alpha value is -3.40. The van der Waals surface area contributed by atoms with E-state index in [0.29, 0.717) is 48.1 Å². The van der Waals surface area contributed by atoms with Crippen molar-refractivity contribution in [2.45, 2.75) is 63.6 Å². The Morgan fingerprint density at radius 3 is 2.77 bits per heavy atom. The number of fused-ring (bicyclic) bond motifs is 2. The first kappa shape index (κ1) is 23.3. The third-order valence-electron chi connectivity index (χ3n) is 7.22. The largest absolute Gasteiger partial charge is 0.485 e. The standard InChI is InChI=1S/C25H31N5O5/c1-4-19-23(31)29(2)20-12-26-25(28-22(20)30(19)14-7-5-6-8-14)27-18-10-9-16(24(32)33)17-11-15(13-34-3)35-21(17)18/h9-10,12,14-15,19H,4-8,11,13H2,1-3H3,(H,32,33)(H,26,27,28)/t15?,19-/m1/s1. The van der Waals surface area contributed by atoms with Crippen LogP contribution < -0.4 is 19.9 Å². The lowest BCUT2D eigenvalue weighted by Gasteiger charge is -2.43. The molecule has 1 amide bonds. The van der Waals surface area contributed by atoms with E-state index in [1.54, 1.807) is 37.4 Å². The molecule has 2 atom stereocenters. The summed E-state index contributed by atoms with van der Waals surface area (Å²) in [4.78, 5) is 38.1. The molecule has 2 aromatic rings. The number of ether oxygens (including phenoxy) is 2. The highest BCUT2D eigenvalue weighted by Gasteiger charge is 2.41. The van der Waals surface area contributed by atoms with Crippen LogP contribution >= 0.6 is 0 Å². The second-order valence-corrected chi connectivity index (χ2v) is 9.37. The molecule has 2 N–H and O–H groups in total. The molecule has 1 fully saturated rings. The molecule has 0 saturated heterocycles. The third-order valence-corrected chi connectivity index (χ3v) is 7.22. The van der Waals surface area contributed by atoms with E-state index in [1.165, 1.54) is 0 Å².